The molecule has 2 nitrogen and oxygen atoms in total. The number of ketones is 1. The molecule has 0 aliphatic rings. The Hall–Kier alpha value is -1.52. The molecule has 0 fully saturated rings. The van der Waals surface area contributed by atoms with Gasteiger partial charge in [0.2, 0.25) is 0 Å². The fourth-order valence-corrected chi connectivity index (χ4v) is 1.34. The summed E-state index contributed by atoms with van der Waals surface area (Å²) < 4.78 is 36.8. The van der Waals surface area contributed by atoms with Crippen LogP contribution in [0.5, 0.6) is 5.75 Å². The van der Waals surface area contributed by atoms with Crippen LogP contribution in [0.3, 0.4) is 0 Å². The van der Waals surface area contributed by atoms with E-state index in [1.54, 1.807) is 20.8 Å². The molecule has 1 N–H and O–H groups in total. The zero-order valence-corrected chi connectivity index (χ0v) is 9.72. The van der Waals surface area contributed by atoms with Gasteiger partial charge in [0, 0.05) is 0 Å². The summed E-state index contributed by atoms with van der Waals surface area (Å²) in [6.07, 6.45) is -4.98. The maximum absolute atomic E-state index is 12.3. The van der Waals surface area contributed by atoms with Gasteiger partial charge in [-0.1, -0.05) is 26.8 Å². The second-order valence-corrected chi connectivity index (χ2v) is 4.81. The third-order valence-corrected chi connectivity index (χ3v) is 2.36. The van der Waals surface area contributed by atoms with Crippen LogP contribution in [0.1, 0.15) is 36.7 Å². The van der Waals surface area contributed by atoms with Crippen molar-refractivity contribution in [2.75, 3.05) is 0 Å². The van der Waals surface area contributed by atoms with E-state index in [-0.39, 0.29) is 0 Å². The molecule has 0 aliphatic heterocycles. The monoisotopic (exact) mass is 246 g/mol. The zero-order valence-electron chi connectivity index (χ0n) is 9.72. The van der Waals surface area contributed by atoms with Crippen molar-refractivity contribution in [3.05, 3.63) is 29.3 Å². The Morgan fingerprint density at radius 1 is 1.18 bits per heavy atom. The Kier molecular flexibility index (Phi) is 3.23. The minimum atomic E-state index is -4.98. The smallest absolute Gasteiger partial charge is 0.455 e. The van der Waals surface area contributed by atoms with Crippen LogP contribution in [0, 0.1) is 0 Å². The molecule has 0 radical (unpaired) electrons. The normalized spacial score (nSPS) is 12.6. The first-order chi connectivity index (χ1) is 7.53. The highest BCUT2D eigenvalue weighted by Crippen LogP contribution is 2.31. The first-order valence-corrected chi connectivity index (χ1v) is 4.98. The third-order valence-electron chi connectivity index (χ3n) is 2.36. The van der Waals surface area contributed by atoms with Crippen LogP contribution >= 0.6 is 0 Å². The number of hydrogen-bond acceptors (Lipinski definition) is 2. The highest BCUT2D eigenvalue weighted by atomic mass is 19.4. The predicted octanol–water partition coefficient (Wildman–Crippen LogP) is 3.43. The van der Waals surface area contributed by atoms with E-state index in [1.807, 2.05) is 0 Å². The summed E-state index contributed by atoms with van der Waals surface area (Å²) >= 11 is 0. The van der Waals surface area contributed by atoms with Crippen LogP contribution in [0.25, 0.3) is 0 Å². The molecule has 0 aliphatic carbocycles. The van der Waals surface area contributed by atoms with E-state index in [2.05, 4.69) is 0 Å². The Morgan fingerprint density at radius 2 is 1.71 bits per heavy atom. The lowest BCUT2D eigenvalue weighted by atomic mass is 9.85. The molecule has 94 valence electrons. The fourth-order valence-electron chi connectivity index (χ4n) is 1.34. The van der Waals surface area contributed by atoms with E-state index < -0.39 is 28.7 Å². The topological polar surface area (TPSA) is 37.3 Å². The van der Waals surface area contributed by atoms with Crippen LogP contribution in [0.15, 0.2) is 18.2 Å². The molecular weight excluding hydrogens is 233 g/mol. The number of benzene rings is 1. The summed E-state index contributed by atoms with van der Waals surface area (Å²) in [7, 11) is 0. The van der Waals surface area contributed by atoms with Gasteiger partial charge in [-0.05, 0) is 23.1 Å². The Balaban J connectivity index is 3.30. The van der Waals surface area contributed by atoms with Crippen LogP contribution in [-0.2, 0) is 5.41 Å². The van der Waals surface area contributed by atoms with E-state index >= 15 is 0 Å². The average molecular weight is 246 g/mol. The second-order valence-electron chi connectivity index (χ2n) is 4.81. The molecule has 1 aromatic rings. The number of alkyl halides is 3. The van der Waals surface area contributed by atoms with Crippen LogP contribution < -0.4 is 0 Å². The summed E-state index contributed by atoms with van der Waals surface area (Å²) in [4.78, 5) is 11.1. The van der Waals surface area contributed by atoms with Crippen LogP contribution in [0.2, 0.25) is 0 Å². The fraction of sp³-hybridized carbons (Fsp3) is 0.417. The summed E-state index contributed by atoms with van der Waals surface area (Å²) in [6, 6.07) is 3.70. The third kappa shape index (κ3) is 2.99. The quantitative estimate of drug-likeness (QED) is 0.771. The predicted molar refractivity (Wildman–Crippen MR) is 57.2 cm³/mol. The molecule has 0 unspecified atom stereocenters. The van der Waals surface area contributed by atoms with Gasteiger partial charge in [-0.3, -0.25) is 4.79 Å². The Labute approximate surface area is 97.1 Å². The maximum atomic E-state index is 12.3. The molecular formula is C12H13F3O2. The van der Waals surface area contributed by atoms with Crippen molar-refractivity contribution >= 4 is 5.78 Å². The molecule has 0 saturated heterocycles. The SMILES string of the molecule is CC(C)(C)c1ccc(O)c(C(=O)C(F)(F)F)c1. The van der Waals surface area contributed by atoms with Gasteiger partial charge in [-0.2, -0.15) is 13.2 Å². The van der Waals surface area contributed by atoms with E-state index in [1.165, 1.54) is 6.07 Å². The van der Waals surface area contributed by atoms with Crippen molar-refractivity contribution in [2.24, 2.45) is 0 Å². The number of phenols is 1. The van der Waals surface area contributed by atoms with Crippen molar-refractivity contribution in [2.45, 2.75) is 32.4 Å². The number of carbonyl (C=O) groups is 1. The van der Waals surface area contributed by atoms with Gasteiger partial charge in [0.25, 0.3) is 5.78 Å². The summed E-state index contributed by atoms with van der Waals surface area (Å²) in [5.41, 5.74) is -0.540. The van der Waals surface area contributed by atoms with Gasteiger partial charge in [-0.15, -0.1) is 0 Å². The molecule has 0 heterocycles. The molecule has 0 spiro atoms. The first kappa shape index (κ1) is 13.5. The van der Waals surface area contributed by atoms with Gasteiger partial charge in [0.15, 0.2) is 0 Å². The molecule has 0 aromatic heterocycles. The van der Waals surface area contributed by atoms with E-state index in [4.69, 9.17) is 0 Å². The molecule has 5 heteroatoms. The van der Waals surface area contributed by atoms with Crippen LogP contribution in [0.4, 0.5) is 13.2 Å². The first-order valence-electron chi connectivity index (χ1n) is 4.98. The van der Waals surface area contributed by atoms with Crippen molar-refractivity contribution in [3.8, 4) is 5.75 Å². The molecule has 1 rings (SSSR count). The van der Waals surface area contributed by atoms with Gasteiger partial charge in [0.05, 0.1) is 5.56 Å². The Morgan fingerprint density at radius 3 is 2.12 bits per heavy atom. The number of Topliss-reactive ketones (excluding diaryl/α,β-unsaturated/α-hetero) is 1. The number of aromatic hydroxyl groups is 1. The number of phenolic OH excluding ortho intramolecular Hbond substituents is 1. The van der Waals surface area contributed by atoms with Gasteiger partial charge >= 0.3 is 6.18 Å². The van der Waals surface area contributed by atoms with Gasteiger partial charge < -0.3 is 5.11 Å². The lowest BCUT2D eigenvalue weighted by molar-refractivity contribution is -0.0886. The lowest BCUT2D eigenvalue weighted by Crippen LogP contribution is -2.23. The van der Waals surface area contributed by atoms with Crippen molar-refractivity contribution < 1.29 is 23.1 Å². The highest BCUT2D eigenvalue weighted by molar-refractivity contribution is 6.02. The number of rotatable bonds is 1. The minimum absolute atomic E-state index is 0.395. The highest BCUT2D eigenvalue weighted by Gasteiger charge is 2.41. The van der Waals surface area contributed by atoms with E-state index in [9.17, 15) is 23.1 Å². The summed E-state index contributed by atoms with van der Waals surface area (Å²) in [6.45, 7) is 5.42. The zero-order chi connectivity index (χ0) is 13.4. The Bertz CT molecular complexity index is 442. The van der Waals surface area contributed by atoms with Gasteiger partial charge in [0.1, 0.15) is 5.75 Å². The largest absolute Gasteiger partial charge is 0.507 e. The number of carbonyl (C=O) groups excluding carboxylic acids is 1. The maximum Gasteiger partial charge on any atom is 0.455 e. The average Bonchev–Trinajstić information content (AvgIpc) is 2.14. The summed E-state index contributed by atoms with van der Waals surface area (Å²) in [5.74, 6) is -2.68. The summed E-state index contributed by atoms with van der Waals surface area (Å²) in [5, 5.41) is 9.31. The van der Waals surface area contributed by atoms with Gasteiger partial charge in [-0.25, -0.2) is 0 Å². The van der Waals surface area contributed by atoms with E-state index in [0.29, 0.717) is 5.56 Å². The molecule has 0 atom stereocenters. The minimum Gasteiger partial charge on any atom is -0.507 e. The van der Waals surface area contributed by atoms with Crippen molar-refractivity contribution in [1.82, 2.24) is 0 Å². The standard InChI is InChI=1S/C12H13F3O2/c1-11(2,3)7-4-5-9(16)8(6-7)10(17)12(13,14)15/h4-6,16H,1-3H3. The molecule has 1 aromatic carbocycles. The molecule has 0 bridgehead atoms. The van der Waals surface area contributed by atoms with E-state index in [0.717, 1.165) is 12.1 Å². The van der Waals surface area contributed by atoms with Crippen molar-refractivity contribution in [1.29, 1.82) is 0 Å². The number of hydrogen-bond donors (Lipinski definition) is 1. The van der Waals surface area contributed by atoms with Crippen molar-refractivity contribution in [3.63, 3.8) is 0 Å². The molecule has 0 saturated carbocycles. The number of halogens is 3. The molecule has 17 heavy (non-hydrogen) atoms. The second kappa shape index (κ2) is 4.05. The lowest BCUT2D eigenvalue weighted by Gasteiger charge is -2.20. The molecule has 0 amide bonds. The van der Waals surface area contributed by atoms with Crippen LogP contribution in [-0.4, -0.2) is 17.1 Å².